The Morgan fingerprint density at radius 1 is 1.13 bits per heavy atom. The Bertz CT molecular complexity index is 1650. The molecule has 2 heterocycles. The molecule has 0 aliphatic rings. The van der Waals surface area contributed by atoms with E-state index in [1.807, 2.05) is 68.9 Å². The summed E-state index contributed by atoms with van der Waals surface area (Å²) in [5, 5.41) is 17.3. The number of hydrogen-bond acceptors (Lipinski definition) is 5. The van der Waals surface area contributed by atoms with E-state index in [-0.39, 0.29) is 0 Å². The van der Waals surface area contributed by atoms with Gasteiger partial charge in [-0.05, 0) is 81.6 Å². The summed E-state index contributed by atoms with van der Waals surface area (Å²) >= 11 is 7.76. The number of carboxylic acid groups (broad SMARTS) is 1. The molecule has 38 heavy (non-hydrogen) atoms. The molecule has 3 aromatic carbocycles. The molecule has 0 amide bonds. The molecule has 2 aromatic heterocycles. The van der Waals surface area contributed by atoms with E-state index in [2.05, 4.69) is 30.2 Å². The monoisotopic (exact) mass is 547 g/mol. The summed E-state index contributed by atoms with van der Waals surface area (Å²) in [6.45, 7) is 10.5. The number of halogens is 1. The van der Waals surface area contributed by atoms with Crippen molar-refractivity contribution >= 4 is 50.0 Å². The average molecular weight is 548 g/mol. The van der Waals surface area contributed by atoms with Crippen LogP contribution in [0.3, 0.4) is 0 Å². The van der Waals surface area contributed by atoms with E-state index in [0.29, 0.717) is 10.6 Å². The van der Waals surface area contributed by atoms with Crippen LogP contribution in [-0.2, 0) is 16.1 Å². The highest BCUT2D eigenvalue weighted by atomic mass is 35.5. The Morgan fingerprint density at radius 3 is 2.50 bits per heavy atom. The molecule has 0 bridgehead atoms. The van der Waals surface area contributed by atoms with Crippen LogP contribution in [0.2, 0.25) is 5.02 Å². The van der Waals surface area contributed by atoms with E-state index in [1.165, 1.54) is 0 Å². The van der Waals surface area contributed by atoms with Crippen LogP contribution in [0.25, 0.3) is 42.8 Å². The summed E-state index contributed by atoms with van der Waals surface area (Å²) < 4.78 is 9.04. The molecular weight excluding hydrogens is 518 g/mol. The second kappa shape index (κ2) is 10.1. The summed E-state index contributed by atoms with van der Waals surface area (Å²) in [5.74, 6) is -1.03. The van der Waals surface area contributed by atoms with E-state index in [0.717, 1.165) is 61.3 Å². The molecule has 1 N–H and O–H groups in total. The van der Waals surface area contributed by atoms with Crippen LogP contribution in [0.15, 0.2) is 54.7 Å². The molecule has 0 saturated carbocycles. The number of aryl methyl sites for hydroxylation is 2. The molecule has 0 aliphatic heterocycles. The van der Waals surface area contributed by atoms with Crippen molar-refractivity contribution in [2.45, 2.75) is 59.3 Å². The Balaban J connectivity index is 1.74. The van der Waals surface area contributed by atoms with Crippen molar-refractivity contribution < 1.29 is 14.6 Å². The predicted molar refractivity (Wildman–Crippen MR) is 155 cm³/mol. The first-order valence-corrected chi connectivity index (χ1v) is 13.8. The van der Waals surface area contributed by atoms with Crippen LogP contribution in [-0.4, -0.2) is 31.4 Å². The van der Waals surface area contributed by atoms with Crippen molar-refractivity contribution in [3.8, 4) is 21.7 Å². The summed E-state index contributed by atoms with van der Waals surface area (Å²) in [7, 11) is 0. The van der Waals surface area contributed by atoms with Crippen LogP contribution in [0.4, 0.5) is 0 Å². The van der Waals surface area contributed by atoms with Crippen LogP contribution >= 0.6 is 22.9 Å². The number of rotatable bonds is 7. The number of carbonyl (C=O) groups is 1. The number of nitrogens with zero attached hydrogens (tertiary/aromatic N) is 3. The van der Waals surface area contributed by atoms with Crippen LogP contribution in [0.1, 0.15) is 51.3 Å². The molecule has 1 atom stereocenters. The van der Waals surface area contributed by atoms with Gasteiger partial charge < -0.3 is 9.84 Å². The first-order chi connectivity index (χ1) is 18.1. The Morgan fingerprint density at radius 2 is 1.84 bits per heavy atom. The second-order valence-electron chi connectivity index (χ2n) is 10.4. The van der Waals surface area contributed by atoms with Gasteiger partial charge in [0.1, 0.15) is 5.01 Å². The van der Waals surface area contributed by atoms with Gasteiger partial charge in [-0.25, -0.2) is 9.78 Å². The van der Waals surface area contributed by atoms with Crippen molar-refractivity contribution in [3.63, 3.8) is 0 Å². The first-order valence-electron chi connectivity index (χ1n) is 12.6. The molecule has 196 valence electrons. The van der Waals surface area contributed by atoms with Crippen LogP contribution in [0, 0.1) is 6.92 Å². The number of thiazole rings is 1. The van der Waals surface area contributed by atoms with Crippen molar-refractivity contribution in [2.24, 2.45) is 0 Å². The minimum atomic E-state index is -1.14. The Hall–Kier alpha value is -3.26. The molecule has 0 saturated heterocycles. The number of fused-ring (bicyclic) bond motifs is 2. The standard InChI is InChI=1S/C30H30ClN3O3S/c1-6-13-34-23-12-9-19(15-20(23)16-32-34)28-33-22-14-17(2)24(26(29(35)36)37-30(3,4)5)25(27(22)38-28)18-7-10-21(31)11-8-18/h7-12,14-16,26H,6,13H2,1-5H3,(H,35,36). The zero-order valence-corrected chi connectivity index (χ0v) is 23.7. The molecule has 6 nitrogen and oxygen atoms in total. The van der Waals surface area contributed by atoms with Gasteiger partial charge in [0, 0.05) is 33.6 Å². The van der Waals surface area contributed by atoms with E-state index < -0.39 is 17.7 Å². The van der Waals surface area contributed by atoms with Crippen LogP contribution in [0.5, 0.6) is 0 Å². The molecule has 5 aromatic rings. The van der Waals surface area contributed by atoms with E-state index >= 15 is 0 Å². The van der Waals surface area contributed by atoms with Gasteiger partial charge in [0.2, 0.25) is 0 Å². The number of aromatic nitrogens is 3. The second-order valence-corrected chi connectivity index (χ2v) is 11.9. The van der Waals surface area contributed by atoms with E-state index in [9.17, 15) is 9.90 Å². The molecule has 0 radical (unpaired) electrons. The number of ether oxygens (including phenoxy) is 1. The van der Waals surface area contributed by atoms with Crippen molar-refractivity contribution in [3.05, 3.63) is 70.9 Å². The van der Waals surface area contributed by atoms with Gasteiger partial charge in [0.05, 0.1) is 27.5 Å². The summed E-state index contributed by atoms with van der Waals surface area (Å²) in [5.41, 5.74) is 5.39. The van der Waals surface area contributed by atoms with Gasteiger partial charge >= 0.3 is 5.97 Å². The number of carboxylic acids is 1. The van der Waals surface area contributed by atoms with E-state index in [1.54, 1.807) is 11.3 Å². The highest BCUT2D eigenvalue weighted by molar-refractivity contribution is 7.22. The SMILES string of the molecule is CCCn1ncc2cc(-c3nc4cc(C)c(C(OC(C)(C)C)C(=O)O)c(-c5ccc(Cl)cc5)c4s3)ccc21. The van der Waals surface area contributed by atoms with E-state index in [4.69, 9.17) is 21.3 Å². The molecular formula is C30H30ClN3O3S. The fourth-order valence-electron chi connectivity index (χ4n) is 4.77. The van der Waals surface area contributed by atoms with Gasteiger partial charge in [0.25, 0.3) is 0 Å². The largest absolute Gasteiger partial charge is 0.479 e. The fourth-order valence-corrected chi connectivity index (χ4v) is 6.02. The maximum absolute atomic E-state index is 12.5. The van der Waals surface area contributed by atoms with Gasteiger partial charge in [-0.1, -0.05) is 30.7 Å². The fraction of sp³-hybridized carbons (Fsp3) is 0.300. The lowest BCUT2D eigenvalue weighted by atomic mass is 9.91. The van der Waals surface area contributed by atoms with Gasteiger partial charge in [-0.15, -0.1) is 11.3 Å². The van der Waals surface area contributed by atoms with Crippen molar-refractivity contribution in [1.29, 1.82) is 0 Å². The van der Waals surface area contributed by atoms with Gasteiger partial charge in [0.15, 0.2) is 6.10 Å². The summed E-state index contributed by atoms with van der Waals surface area (Å²) in [6, 6.07) is 15.7. The topological polar surface area (TPSA) is 77.2 Å². The maximum Gasteiger partial charge on any atom is 0.337 e. The van der Waals surface area contributed by atoms with Crippen molar-refractivity contribution in [1.82, 2.24) is 14.8 Å². The lowest BCUT2D eigenvalue weighted by Crippen LogP contribution is -2.28. The quantitative estimate of drug-likeness (QED) is 0.222. The molecule has 0 fully saturated rings. The van der Waals surface area contributed by atoms with Crippen molar-refractivity contribution in [2.75, 3.05) is 0 Å². The molecule has 0 aliphatic carbocycles. The third-order valence-electron chi connectivity index (χ3n) is 6.34. The smallest absolute Gasteiger partial charge is 0.337 e. The van der Waals surface area contributed by atoms with Gasteiger partial charge in [-0.3, -0.25) is 4.68 Å². The zero-order chi connectivity index (χ0) is 27.2. The average Bonchev–Trinajstić information content (AvgIpc) is 3.46. The lowest BCUT2D eigenvalue weighted by molar-refractivity contribution is -0.160. The molecule has 5 rings (SSSR count). The Labute approximate surface area is 230 Å². The third kappa shape index (κ3) is 5.06. The predicted octanol–water partition coefficient (Wildman–Crippen LogP) is 8.29. The number of hydrogen-bond donors (Lipinski definition) is 1. The number of benzene rings is 3. The zero-order valence-electron chi connectivity index (χ0n) is 22.1. The normalized spacial score (nSPS) is 12.9. The minimum Gasteiger partial charge on any atom is -0.479 e. The minimum absolute atomic E-state index is 0.613. The first kappa shape index (κ1) is 26.4. The van der Waals surface area contributed by atoms with Crippen LogP contribution < -0.4 is 0 Å². The Kier molecular flexibility index (Phi) is 7.03. The summed E-state index contributed by atoms with van der Waals surface area (Å²) in [6.07, 6.45) is 1.77. The van der Waals surface area contributed by atoms with Gasteiger partial charge in [-0.2, -0.15) is 5.10 Å². The molecule has 0 spiro atoms. The number of aliphatic carboxylic acids is 1. The summed E-state index contributed by atoms with van der Waals surface area (Å²) in [4.78, 5) is 17.5. The third-order valence-corrected chi connectivity index (χ3v) is 7.73. The maximum atomic E-state index is 12.5. The molecule has 1 unspecified atom stereocenters. The highest BCUT2D eigenvalue weighted by Gasteiger charge is 2.32. The molecule has 8 heteroatoms. The highest BCUT2D eigenvalue weighted by Crippen LogP contribution is 2.44. The lowest BCUT2D eigenvalue weighted by Gasteiger charge is -2.28.